The molecule has 0 aliphatic rings. The minimum atomic E-state index is -1.11. The molecule has 3 aromatic carbocycles. The van der Waals surface area contributed by atoms with Crippen molar-refractivity contribution in [2.75, 3.05) is 11.9 Å². The molecule has 1 atom stereocenters. The highest BCUT2D eigenvalue weighted by Crippen LogP contribution is 2.20. The number of para-hydroxylation sites is 2. The van der Waals surface area contributed by atoms with Gasteiger partial charge < -0.3 is 20.4 Å². The highest BCUT2D eigenvalue weighted by molar-refractivity contribution is 6.33. The third kappa shape index (κ3) is 5.85. The van der Waals surface area contributed by atoms with Crippen molar-refractivity contribution in [2.24, 2.45) is 0 Å². The minimum absolute atomic E-state index is 0.0316. The Labute approximate surface area is 205 Å². The number of ether oxygens (including phenoxy) is 1. The fraction of sp³-hybridized carbons (Fsp3) is 0.115. The SMILES string of the molecule is O=C(COC(=O)C(Cc1c[nH]c2ccccc12)NC(=O)c1ccccc1Cl)Nc1ccccc1F. The predicted molar refractivity (Wildman–Crippen MR) is 131 cm³/mol. The second kappa shape index (κ2) is 10.8. The van der Waals surface area contributed by atoms with Gasteiger partial charge in [0, 0.05) is 23.5 Å². The molecule has 0 saturated carbocycles. The molecule has 4 rings (SSSR count). The van der Waals surface area contributed by atoms with Crippen LogP contribution in [0.4, 0.5) is 10.1 Å². The third-order valence-corrected chi connectivity index (χ3v) is 5.63. The Morgan fingerprint density at radius 1 is 0.971 bits per heavy atom. The number of hydrogen-bond donors (Lipinski definition) is 3. The fourth-order valence-corrected chi connectivity index (χ4v) is 3.80. The molecule has 9 heteroatoms. The molecule has 178 valence electrons. The summed E-state index contributed by atoms with van der Waals surface area (Å²) in [5.41, 5.74) is 1.81. The van der Waals surface area contributed by atoms with Crippen LogP contribution in [0.25, 0.3) is 10.9 Å². The van der Waals surface area contributed by atoms with Crippen LogP contribution in [0.15, 0.2) is 79.0 Å². The Morgan fingerprint density at radius 2 is 1.69 bits per heavy atom. The summed E-state index contributed by atoms with van der Waals surface area (Å²) in [6, 6.07) is 18.5. The molecule has 7 nitrogen and oxygen atoms in total. The molecule has 0 aliphatic carbocycles. The summed E-state index contributed by atoms with van der Waals surface area (Å²) in [5.74, 6) is -2.71. The Kier molecular flexibility index (Phi) is 7.42. The first kappa shape index (κ1) is 24.0. The van der Waals surface area contributed by atoms with Crippen LogP contribution in [0.5, 0.6) is 0 Å². The zero-order chi connectivity index (χ0) is 24.8. The zero-order valence-corrected chi connectivity index (χ0v) is 19.1. The summed E-state index contributed by atoms with van der Waals surface area (Å²) < 4.78 is 18.9. The van der Waals surface area contributed by atoms with E-state index in [2.05, 4.69) is 15.6 Å². The molecular formula is C26H21ClFN3O4. The smallest absolute Gasteiger partial charge is 0.329 e. The highest BCUT2D eigenvalue weighted by Gasteiger charge is 2.26. The molecule has 4 aromatic rings. The quantitative estimate of drug-likeness (QED) is 0.315. The number of amides is 2. The first-order valence-electron chi connectivity index (χ1n) is 10.7. The van der Waals surface area contributed by atoms with E-state index in [1.54, 1.807) is 30.5 Å². The third-order valence-electron chi connectivity index (χ3n) is 5.30. The lowest BCUT2D eigenvalue weighted by atomic mass is 10.0. The van der Waals surface area contributed by atoms with Crippen molar-refractivity contribution in [1.82, 2.24) is 10.3 Å². The first-order valence-corrected chi connectivity index (χ1v) is 11.1. The van der Waals surface area contributed by atoms with Crippen molar-refractivity contribution in [3.63, 3.8) is 0 Å². The van der Waals surface area contributed by atoms with E-state index in [4.69, 9.17) is 16.3 Å². The maximum absolute atomic E-state index is 13.8. The van der Waals surface area contributed by atoms with Crippen molar-refractivity contribution >= 4 is 46.0 Å². The van der Waals surface area contributed by atoms with Gasteiger partial charge in [0.1, 0.15) is 11.9 Å². The highest BCUT2D eigenvalue weighted by atomic mass is 35.5. The van der Waals surface area contributed by atoms with Gasteiger partial charge >= 0.3 is 5.97 Å². The lowest BCUT2D eigenvalue weighted by Gasteiger charge is -2.18. The number of carbonyl (C=O) groups is 3. The van der Waals surface area contributed by atoms with Gasteiger partial charge in [0.15, 0.2) is 6.61 Å². The van der Waals surface area contributed by atoms with Gasteiger partial charge in [-0.15, -0.1) is 0 Å². The summed E-state index contributed by atoms with van der Waals surface area (Å²) in [5, 5.41) is 6.12. The van der Waals surface area contributed by atoms with Gasteiger partial charge in [-0.05, 0) is 35.9 Å². The number of anilines is 1. The van der Waals surface area contributed by atoms with E-state index in [0.717, 1.165) is 16.5 Å². The van der Waals surface area contributed by atoms with Gasteiger partial charge in [0.05, 0.1) is 16.3 Å². The van der Waals surface area contributed by atoms with Crippen molar-refractivity contribution in [3.05, 3.63) is 101 Å². The first-order chi connectivity index (χ1) is 16.9. The normalized spacial score (nSPS) is 11.6. The number of hydrogen-bond acceptors (Lipinski definition) is 4. The van der Waals surface area contributed by atoms with Crippen LogP contribution < -0.4 is 10.6 Å². The van der Waals surface area contributed by atoms with Crippen LogP contribution >= 0.6 is 11.6 Å². The fourth-order valence-electron chi connectivity index (χ4n) is 3.58. The van der Waals surface area contributed by atoms with Crippen molar-refractivity contribution in [2.45, 2.75) is 12.5 Å². The Morgan fingerprint density at radius 3 is 2.49 bits per heavy atom. The molecule has 0 aliphatic heterocycles. The molecule has 1 unspecified atom stereocenters. The number of esters is 1. The van der Waals surface area contributed by atoms with Gasteiger partial charge in [-0.25, -0.2) is 9.18 Å². The van der Waals surface area contributed by atoms with Crippen LogP contribution in [-0.4, -0.2) is 35.4 Å². The van der Waals surface area contributed by atoms with Crippen molar-refractivity contribution < 1.29 is 23.5 Å². The maximum atomic E-state index is 13.8. The van der Waals surface area contributed by atoms with Crippen LogP contribution in [0.2, 0.25) is 5.02 Å². The van der Waals surface area contributed by atoms with E-state index in [1.165, 1.54) is 24.3 Å². The van der Waals surface area contributed by atoms with Crippen molar-refractivity contribution in [1.29, 1.82) is 0 Å². The Balaban J connectivity index is 1.49. The topological polar surface area (TPSA) is 100 Å². The average molecular weight is 494 g/mol. The average Bonchev–Trinajstić information content (AvgIpc) is 3.26. The van der Waals surface area contributed by atoms with Gasteiger partial charge in [0.2, 0.25) is 0 Å². The number of aromatic amines is 1. The number of carbonyl (C=O) groups excluding carboxylic acids is 3. The molecule has 0 spiro atoms. The Hall–Kier alpha value is -4.17. The molecule has 2 amide bonds. The molecule has 0 bridgehead atoms. The second-order valence-corrected chi connectivity index (χ2v) is 8.11. The van der Waals surface area contributed by atoms with E-state index in [1.807, 2.05) is 24.3 Å². The number of fused-ring (bicyclic) bond motifs is 1. The summed E-state index contributed by atoms with van der Waals surface area (Å²) in [6.45, 7) is -0.653. The zero-order valence-electron chi connectivity index (χ0n) is 18.4. The molecule has 35 heavy (non-hydrogen) atoms. The number of benzene rings is 3. The summed E-state index contributed by atoms with van der Waals surface area (Å²) in [4.78, 5) is 41.1. The van der Waals surface area contributed by atoms with Gasteiger partial charge in [0.25, 0.3) is 11.8 Å². The van der Waals surface area contributed by atoms with Crippen molar-refractivity contribution in [3.8, 4) is 0 Å². The van der Waals surface area contributed by atoms with Crippen LogP contribution in [0.1, 0.15) is 15.9 Å². The van der Waals surface area contributed by atoms with E-state index in [9.17, 15) is 18.8 Å². The van der Waals surface area contributed by atoms with E-state index in [0.29, 0.717) is 0 Å². The lowest BCUT2D eigenvalue weighted by molar-refractivity contribution is -0.149. The van der Waals surface area contributed by atoms with Crippen LogP contribution in [0.3, 0.4) is 0 Å². The Bertz CT molecular complexity index is 1390. The van der Waals surface area contributed by atoms with Gasteiger partial charge in [-0.3, -0.25) is 9.59 Å². The number of halogens is 2. The summed E-state index contributed by atoms with van der Waals surface area (Å²) >= 11 is 6.13. The molecule has 1 heterocycles. The number of H-pyrrole nitrogens is 1. The van der Waals surface area contributed by atoms with E-state index >= 15 is 0 Å². The minimum Gasteiger partial charge on any atom is -0.454 e. The van der Waals surface area contributed by atoms with Gasteiger partial charge in [-0.2, -0.15) is 0 Å². The summed E-state index contributed by atoms with van der Waals surface area (Å²) in [6.07, 6.45) is 1.85. The molecule has 0 radical (unpaired) electrons. The molecule has 0 fully saturated rings. The standard InChI is InChI=1S/C26H21ClFN3O4/c27-19-9-3-1-8-18(19)25(33)31-23(13-16-14-29-21-11-5-2-7-17(16)21)26(34)35-15-24(32)30-22-12-6-4-10-20(22)28/h1-12,14,23,29H,13,15H2,(H,30,32)(H,31,33). The number of nitrogens with one attached hydrogen (secondary N) is 3. The van der Waals surface area contributed by atoms with Crippen LogP contribution in [0, 0.1) is 5.82 Å². The molecule has 1 aromatic heterocycles. The van der Waals surface area contributed by atoms with E-state index < -0.39 is 36.2 Å². The monoisotopic (exact) mass is 493 g/mol. The maximum Gasteiger partial charge on any atom is 0.329 e. The largest absolute Gasteiger partial charge is 0.454 e. The van der Waals surface area contributed by atoms with Gasteiger partial charge in [-0.1, -0.05) is 54.1 Å². The van der Waals surface area contributed by atoms with E-state index in [-0.39, 0.29) is 22.7 Å². The summed E-state index contributed by atoms with van der Waals surface area (Å²) in [7, 11) is 0. The molecule has 0 saturated heterocycles. The lowest BCUT2D eigenvalue weighted by Crippen LogP contribution is -2.44. The van der Waals surface area contributed by atoms with Crippen LogP contribution in [-0.2, 0) is 20.7 Å². The predicted octanol–water partition coefficient (Wildman–Crippen LogP) is 4.48. The second-order valence-electron chi connectivity index (χ2n) is 7.71. The molecular weight excluding hydrogens is 473 g/mol. The number of aromatic nitrogens is 1. The number of rotatable bonds is 8. The molecule has 3 N–H and O–H groups in total.